The van der Waals surface area contributed by atoms with Crippen LogP contribution in [0.2, 0.25) is 0 Å². The Balaban J connectivity index is 4.23. The molecule has 0 rings (SSSR count). The van der Waals surface area contributed by atoms with Gasteiger partial charge in [-0.25, -0.2) is 0 Å². The lowest BCUT2D eigenvalue weighted by Crippen LogP contribution is -1.81. The average molecular weight is 232 g/mol. The minimum absolute atomic E-state index is 0.947. The van der Waals surface area contributed by atoms with Gasteiger partial charge in [0.1, 0.15) is 0 Å². The zero-order valence-electron chi connectivity index (χ0n) is 10.1. The average Bonchev–Trinajstić information content (AvgIpc) is 2.29. The molecule has 0 aliphatic rings. The molecule has 0 saturated heterocycles. The summed E-state index contributed by atoms with van der Waals surface area (Å²) in [5.41, 5.74) is 1.05. The quantitative estimate of drug-likeness (QED) is 0.553. The van der Waals surface area contributed by atoms with Gasteiger partial charge in [0.15, 0.2) is 0 Å². The van der Waals surface area contributed by atoms with E-state index in [0.717, 1.165) is 11.3 Å². The van der Waals surface area contributed by atoms with Crippen molar-refractivity contribution in [1.82, 2.24) is 0 Å². The molecule has 0 bridgehead atoms. The molecule has 0 unspecified atom stereocenters. The Kier molecular flexibility index (Phi) is 9.53. The first kappa shape index (κ1) is 14.8. The Hall–Kier alpha value is -1.21. The SMILES string of the molecule is C=C/C=C/CS/C(=C\C)C(=C)/C=C/C=C\C. The van der Waals surface area contributed by atoms with Crippen molar-refractivity contribution in [1.29, 1.82) is 0 Å². The molecule has 86 valence electrons. The highest BCUT2D eigenvalue weighted by atomic mass is 32.2. The van der Waals surface area contributed by atoms with E-state index in [4.69, 9.17) is 0 Å². The van der Waals surface area contributed by atoms with Gasteiger partial charge in [-0.3, -0.25) is 0 Å². The summed E-state index contributed by atoms with van der Waals surface area (Å²) in [6.45, 7) is 11.7. The van der Waals surface area contributed by atoms with Crippen molar-refractivity contribution >= 4 is 11.8 Å². The molecule has 0 spiro atoms. The van der Waals surface area contributed by atoms with Crippen LogP contribution in [0.1, 0.15) is 13.8 Å². The zero-order valence-corrected chi connectivity index (χ0v) is 11.0. The minimum atomic E-state index is 0.947. The van der Waals surface area contributed by atoms with Gasteiger partial charge in [-0.15, -0.1) is 11.8 Å². The molecule has 0 aliphatic heterocycles. The van der Waals surface area contributed by atoms with Gasteiger partial charge in [-0.05, 0) is 19.4 Å². The zero-order chi connectivity index (χ0) is 12.2. The number of rotatable bonds is 7. The van der Waals surface area contributed by atoms with Gasteiger partial charge in [-0.2, -0.15) is 0 Å². The summed E-state index contributed by atoms with van der Waals surface area (Å²) in [7, 11) is 0. The highest BCUT2D eigenvalue weighted by Crippen LogP contribution is 2.23. The van der Waals surface area contributed by atoms with E-state index in [1.54, 1.807) is 17.8 Å². The molecular weight excluding hydrogens is 212 g/mol. The third-order valence-corrected chi connectivity index (χ3v) is 2.95. The first-order valence-electron chi connectivity index (χ1n) is 5.31. The van der Waals surface area contributed by atoms with E-state index in [9.17, 15) is 0 Å². The maximum Gasteiger partial charge on any atom is 0.0164 e. The van der Waals surface area contributed by atoms with E-state index < -0.39 is 0 Å². The van der Waals surface area contributed by atoms with Crippen LogP contribution in [0.5, 0.6) is 0 Å². The standard InChI is InChI=1S/C15H20S/c1-5-8-10-12-14(4)15(7-3)16-13-11-9-6-2/h5-12H,2,4,13H2,1,3H3/b8-5-,11-9+,12-10+,15-7-. The first-order valence-corrected chi connectivity index (χ1v) is 6.30. The maximum absolute atomic E-state index is 4.04. The van der Waals surface area contributed by atoms with Crippen LogP contribution in [0.25, 0.3) is 0 Å². The molecule has 0 heterocycles. The summed E-state index contributed by atoms with van der Waals surface area (Å²) in [5, 5.41) is 0. The summed E-state index contributed by atoms with van der Waals surface area (Å²) < 4.78 is 0. The fourth-order valence-corrected chi connectivity index (χ4v) is 1.82. The van der Waals surface area contributed by atoms with Crippen molar-refractivity contribution in [3.8, 4) is 0 Å². The van der Waals surface area contributed by atoms with E-state index in [1.165, 1.54) is 4.91 Å². The predicted molar refractivity (Wildman–Crippen MR) is 78.6 cm³/mol. The van der Waals surface area contributed by atoms with Crippen LogP contribution in [-0.2, 0) is 0 Å². The van der Waals surface area contributed by atoms with Gasteiger partial charge >= 0.3 is 0 Å². The smallest absolute Gasteiger partial charge is 0.0164 e. The highest BCUT2D eigenvalue weighted by molar-refractivity contribution is 8.03. The van der Waals surface area contributed by atoms with Gasteiger partial charge in [-0.1, -0.05) is 61.8 Å². The molecule has 0 aliphatic carbocycles. The molecule has 0 aromatic carbocycles. The molecular formula is C15H20S. The molecule has 1 heteroatoms. The van der Waals surface area contributed by atoms with Crippen LogP contribution in [0.3, 0.4) is 0 Å². The maximum atomic E-state index is 4.04. The van der Waals surface area contributed by atoms with Crippen molar-refractivity contribution in [2.45, 2.75) is 13.8 Å². The monoisotopic (exact) mass is 232 g/mol. The largest absolute Gasteiger partial charge is 0.122 e. The topological polar surface area (TPSA) is 0 Å². The van der Waals surface area contributed by atoms with Gasteiger partial charge < -0.3 is 0 Å². The number of allylic oxidation sites excluding steroid dienone is 8. The molecule has 0 atom stereocenters. The van der Waals surface area contributed by atoms with Crippen LogP contribution < -0.4 is 0 Å². The molecule has 0 radical (unpaired) electrons. The van der Waals surface area contributed by atoms with Crippen molar-refractivity contribution in [2.24, 2.45) is 0 Å². The fourth-order valence-electron chi connectivity index (χ4n) is 1.02. The van der Waals surface area contributed by atoms with Crippen LogP contribution in [-0.4, -0.2) is 5.75 Å². The second-order valence-corrected chi connectivity index (χ2v) is 4.10. The lowest BCUT2D eigenvalue weighted by Gasteiger charge is -2.03. The summed E-state index contributed by atoms with van der Waals surface area (Å²) in [6.07, 6.45) is 16.0. The molecule has 0 nitrogen and oxygen atoms in total. The highest BCUT2D eigenvalue weighted by Gasteiger charge is 1.97. The number of thioether (sulfide) groups is 1. The third-order valence-electron chi connectivity index (χ3n) is 1.79. The van der Waals surface area contributed by atoms with Crippen LogP contribution in [0.4, 0.5) is 0 Å². The molecule has 0 aromatic heterocycles. The van der Waals surface area contributed by atoms with Gasteiger partial charge in [0.2, 0.25) is 0 Å². The van der Waals surface area contributed by atoms with Gasteiger partial charge in [0.05, 0.1) is 0 Å². The summed E-state index contributed by atoms with van der Waals surface area (Å²) in [5.74, 6) is 0.947. The van der Waals surface area contributed by atoms with Gasteiger partial charge in [0, 0.05) is 10.7 Å². The van der Waals surface area contributed by atoms with Gasteiger partial charge in [0.25, 0.3) is 0 Å². The Morgan fingerprint density at radius 3 is 2.50 bits per heavy atom. The van der Waals surface area contributed by atoms with Crippen molar-refractivity contribution in [3.05, 3.63) is 72.2 Å². The Labute approximate surface area is 104 Å². The summed E-state index contributed by atoms with van der Waals surface area (Å²) in [6, 6.07) is 0. The Bertz CT molecular complexity index is 327. The van der Waals surface area contributed by atoms with E-state index >= 15 is 0 Å². The lowest BCUT2D eigenvalue weighted by atomic mass is 10.2. The predicted octanol–water partition coefficient (Wildman–Crippen LogP) is 5.05. The van der Waals surface area contributed by atoms with E-state index in [0.29, 0.717) is 0 Å². The van der Waals surface area contributed by atoms with E-state index in [-0.39, 0.29) is 0 Å². The van der Waals surface area contributed by atoms with Crippen LogP contribution >= 0.6 is 11.8 Å². The second kappa shape index (κ2) is 10.3. The minimum Gasteiger partial charge on any atom is -0.122 e. The molecule has 0 fully saturated rings. The van der Waals surface area contributed by atoms with E-state index in [1.807, 2.05) is 44.2 Å². The van der Waals surface area contributed by atoms with Crippen molar-refractivity contribution < 1.29 is 0 Å². The lowest BCUT2D eigenvalue weighted by molar-refractivity contribution is 1.60. The van der Waals surface area contributed by atoms with E-state index in [2.05, 4.69) is 25.3 Å². The van der Waals surface area contributed by atoms with Crippen LogP contribution in [0, 0.1) is 0 Å². The number of hydrogen-bond donors (Lipinski definition) is 0. The second-order valence-electron chi connectivity index (χ2n) is 3.04. The molecule has 0 aromatic rings. The first-order chi connectivity index (χ1) is 7.76. The van der Waals surface area contributed by atoms with Crippen LogP contribution in [0.15, 0.2) is 72.2 Å². The molecule has 0 saturated carbocycles. The summed E-state index contributed by atoms with van der Waals surface area (Å²) >= 11 is 1.78. The Morgan fingerprint density at radius 2 is 1.94 bits per heavy atom. The number of hydrogen-bond acceptors (Lipinski definition) is 1. The fraction of sp³-hybridized carbons (Fsp3) is 0.200. The molecule has 16 heavy (non-hydrogen) atoms. The normalized spacial score (nSPS) is 13.0. The Morgan fingerprint density at radius 1 is 1.19 bits per heavy atom. The molecule has 0 amide bonds. The van der Waals surface area contributed by atoms with Crippen molar-refractivity contribution in [3.63, 3.8) is 0 Å². The third kappa shape index (κ3) is 7.13. The molecule has 0 N–H and O–H groups in total. The summed E-state index contributed by atoms with van der Waals surface area (Å²) in [4.78, 5) is 1.22. The van der Waals surface area contributed by atoms with Crippen molar-refractivity contribution in [2.75, 3.05) is 5.75 Å².